The van der Waals surface area contributed by atoms with Gasteiger partial charge in [-0.05, 0) is 29.3 Å². The van der Waals surface area contributed by atoms with Gasteiger partial charge in [0.05, 0.1) is 6.54 Å². The van der Waals surface area contributed by atoms with Crippen LogP contribution in [0.5, 0.6) is 0 Å². The van der Waals surface area contributed by atoms with Crippen LogP contribution in [0.25, 0.3) is 11.1 Å². The monoisotopic (exact) mass is 311 g/mol. The first-order valence-electron chi connectivity index (χ1n) is 7.81. The maximum Gasteiger partial charge on any atom is 0.252 e. The predicted molar refractivity (Wildman–Crippen MR) is 97.5 cm³/mol. The third-order valence-corrected chi connectivity index (χ3v) is 3.61. The van der Waals surface area contributed by atoms with E-state index in [2.05, 4.69) is 35.4 Å². The largest absolute Gasteiger partial charge is 0.341 e. The smallest absolute Gasteiger partial charge is 0.252 e. The molecular weight excluding hydrogens is 294 g/mol. The standard InChI is InChI=1S/C22H17NO/c24-22(20-13-5-2-6-14-20)23-17-9-15-19-12-7-8-16-21(19)18-10-3-1-4-11-18/h1-8,10-14,16H,17H2,(H,23,24). The summed E-state index contributed by atoms with van der Waals surface area (Å²) in [5.41, 5.74) is 3.83. The van der Waals surface area contributed by atoms with E-state index in [4.69, 9.17) is 0 Å². The lowest BCUT2D eigenvalue weighted by Crippen LogP contribution is -2.23. The topological polar surface area (TPSA) is 29.1 Å². The van der Waals surface area contributed by atoms with Crippen molar-refractivity contribution in [1.29, 1.82) is 0 Å². The molecule has 2 heteroatoms. The number of carbonyl (C=O) groups excluding carboxylic acids is 1. The highest BCUT2D eigenvalue weighted by Gasteiger charge is 2.02. The maximum absolute atomic E-state index is 12.0. The van der Waals surface area contributed by atoms with Crippen LogP contribution in [0, 0.1) is 11.8 Å². The highest BCUT2D eigenvalue weighted by atomic mass is 16.1. The molecule has 0 spiro atoms. The predicted octanol–water partition coefficient (Wildman–Crippen LogP) is 4.14. The second-order valence-corrected chi connectivity index (χ2v) is 5.26. The third-order valence-electron chi connectivity index (χ3n) is 3.61. The number of nitrogens with one attached hydrogen (secondary N) is 1. The van der Waals surface area contributed by atoms with Crippen molar-refractivity contribution in [1.82, 2.24) is 5.32 Å². The van der Waals surface area contributed by atoms with Crippen LogP contribution in [0.15, 0.2) is 84.9 Å². The molecule has 1 amide bonds. The van der Waals surface area contributed by atoms with Crippen LogP contribution < -0.4 is 5.32 Å². The molecule has 0 aromatic heterocycles. The van der Waals surface area contributed by atoms with Gasteiger partial charge >= 0.3 is 0 Å². The van der Waals surface area contributed by atoms with E-state index in [1.807, 2.05) is 54.6 Å². The maximum atomic E-state index is 12.0. The van der Waals surface area contributed by atoms with Crippen LogP contribution >= 0.6 is 0 Å². The molecule has 0 saturated carbocycles. The Labute approximate surface area is 142 Å². The van der Waals surface area contributed by atoms with E-state index >= 15 is 0 Å². The lowest BCUT2D eigenvalue weighted by molar-refractivity contribution is 0.0958. The molecule has 0 fully saturated rings. The van der Waals surface area contributed by atoms with Gasteiger partial charge in [-0.15, -0.1) is 0 Å². The number of benzene rings is 3. The molecule has 3 rings (SSSR count). The Balaban J connectivity index is 1.70. The van der Waals surface area contributed by atoms with Crippen LogP contribution in [0.4, 0.5) is 0 Å². The number of carbonyl (C=O) groups is 1. The van der Waals surface area contributed by atoms with E-state index in [1.165, 1.54) is 0 Å². The molecule has 3 aromatic carbocycles. The molecule has 0 aliphatic rings. The molecule has 2 nitrogen and oxygen atoms in total. The molecule has 0 radical (unpaired) electrons. The van der Waals surface area contributed by atoms with Crippen molar-refractivity contribution in [2.24, 2.45) is 0 Å². The quantitative estimate of drug-likeness (QED) is 0.724. The molecule has 0 saturated heterocycles. The van der Waals surface area contributed by atoms with Gasteiger partial charge < -0.3 is 5.32 Å². The Hall–Kier alpha value is -3.31. The van der Waals surface area contributed by atoms with Gasteiger partial charge in [0.2, 0.25) is 0 Å². The number of amides is 1. The highest BCUT2D eigenvalue weighted by molar-refractivity contribution is 5.94. The lowest BCUT2D eigenvalue weighted by Gasteiger charge is -2.04. The summed E-state index contributed by atoms with van der Waals surface area (Å²) in [6.07, 6.45) is 0. The van der Waals surface area contributed by atoms with Crippen LogP contribution in [0.3, 0.4) is 0 Å². The molecule has 0 unspecified atom stereocenters. The second kappa shape index (κ2) is 7.80. The summed E-state index contributed by atoms with van der Waals surface area (Å²) in [7, 11) is 0. The van der Waals surface area contributed by atoms with E-state index in [1.54, 1.807) is 12.1 Å². The highest BCUT2D eigenvalue weighted by Crippen LogP contribution is 2.22. The molecule has 0 aliphatic heterocycles. The Morgan fingerprint density at radius 1 is 0.792 bits per heavy atom. The summed E-state index contributed by atoms with van der Waals surface area (Å²) in [6.45, 7) is 0.316. The van der Waals surface area contributed by atoms with Crippen molar-refractivity contribution >= 4 is 5.91 Å². The minimum atomic E-state index is -0.110. The normalized spacial score (nSPS) is 9.67. The van der Waals surface area contributed by atoms with Crippen molar-refractivity contribution in [3.8, 4) is 23.0 Å². The number of hydrogen-bond acceptors (Lipinski definition) is 1. The van der Waals surface area contributed by atoms with Crippen molar-refractivity contribution in [3.05, 3.63) is 96.1 Å². The van der Waals surface area contributed by atoms with E-state index in [0.29, 0.717) is 12.1 Å². The van der Waals surface area contributed by atoms with E-state index in [9.17, 15) is 4.79 Å². The first-order valence-corrected chi connectivity index (χ1v) is 7.81. The zero-order valence-electron chi connectivity index (χ0n) is 13.2. The van der Waals surface area contributed by atoms with E-state index < -0.39 is 0 Å². The first-order chi connectivity index (χ1) is 11.8. The van der Waals surface area contributed by atoms with Crippen LogP contribution in [-0.2, 0) is 0 Å². The SMILES string of the molecule is O=C(NCC#Cc1ccccc1-c1ccccc1)c1ccccc1. The second-order valence-electron chi connectivity index (χ2n) is 5.26. The van der Waals surface area contributed by atoms with Crippen LogP contribution in [0.2, 0.25) is 0 Å². The fraction of sp³-hybridized carbons (Fsp3) is 0.0455. The Kier molecular flexibility index (Phi) is 5.07. The van der Waals surface area contributed by atoms with Gasteiger partial charge in [0, 0.05) is 11.1 Å². The summed E-state index contributed by atoms with van der Waals surface area (Å²) in [6, 6.07) is 27.3. The minimum absolute atomic E-state index is 0.110. The fourth-order valence-corrected chi connectivity index (χ4v) is 2.42. The summed E-state index contributed by atoms with van der Waals surface area (Å²) in [5.74, 6) is 6.07. The molecule has 3 aromatic rings. The molecule has 116 valence electrons. The van der Waals surface area contributed by atoms with E-state index in [0.717, 1.165) is 16.7 Å². The van der Waals surface area contributed by atoms with Gasteiger partial charge in [-0.25, -0.2) is 0 Å². The average Bonchev–Trinajstić information content (AvgIpc) is 2.67. The Bertz CT molecular complexity index is 874. The van der Waals surface area contributed by atoms with E-state index in [-0.39, 0.29) is 5.91 Å². The van der Waals surface area contributed by atoms with Gasteiger partial charge in [0.1, 0.15) is 0 Å². The molecule has 0 bridgehead atoms. The summed E-state index contributed by atoms with van der Waals surface area (Å²) < 4.78 is 0. The zero-order valence-corrected chi connectivity index (χ0v) is 13.2. The fourth-order valence-electron chi connectivity index (χ4n) is 2.42. The number of rotatable bonds is 3. The molecule has 1 N–H and O–H groups in total. The average molecular weight is 311 g/mol. The van der Waals surface area contributed by atoms with Gasteiger partial charge in [0.25, 0.3) is 5.91 Å². The Morgan fingerprint density at radius 2 is 1.42 bits per heavy atom. The van der Waals surface area contributed by atoms with Crippen molar-refractivity contribution < 1.29 is 4.79 Å². The number of hydrogen-bond donors (Lipinski definition) is 1. The molecule has 0 atom stereocenters. The minimum Gasteiger partial charge on any atom is -0.341 e. The van der Waals surface area contributed by atoms with Crippen LogP contribution in [-0.4, -0.2) is 12.5 Å². The van der Waals surface area contributed by atoms with Crippen LogP contribution in [0.1, 0.15) is 15.9 Å². The Morgan fingerprint density at radius 3 is 2.17 bits per heavy atom. The van der Waals surface area contributed by atoms with Gasteiger partial charge in [-0.1, -0.05) is 78.6 Å². The molecular formula is C22H17NO. The summed E-state index contributed by atoms with van der Waals surface area (Å²) >= 11 is 0. The summed E-state index contributed by atoms with van der Waals surface area (Å²) in [5, 5.41) is 2.82. The molecule has 0 aliphatic carbocycles. The van der Waals surface area contributed by atoms with Gasteiger partial charge in [-0.3, -0.25) is 4.79 Å². The molecule has 0 heterocycles. The van der Waals surface area contributed by atoms with Crippen molar-refractivity contribution in [2.75, 3.05) is 6.54 Å². The van der Waals surface area contributed by atoms with Gasteiger partial charge in [0.15, 0.2) is 0 Å². The lowest BCUT2D eigenvalue weighted by atomic mass is 10.0. The first kappa shape index (κ1) is 15.6. The van der Waals surface area contributed by atoms with Crippen molar-refractivity contribution in [2.45, 2.75) is 0 Å². The van der Waals surface area contributed by atoms with Gasteiger partial charge in [-0.2, -0.15) is 0 Å². The summed E-state index contributed by atoms with van der Waals surface area (Å²) in [4.78, 5) is 12.0. The third kappa shape index (κ3) is 3.91. The zero-order chi connectivity index (χ0) is 16.6. The van der Waals surface area contributed by atoms with Crippen molar-refractivity contribution in [3.63, 3.8) is 0 Å². The molecule has 24 heavy (non-hydrogen) atoms.